The van der Waals surface area contributed by atoms with E-state index in [0.29, 0.717) is 6.54 Å². The van der Waals surface area contributed by atoms with Gasteiger partial charge in [-0.1, -0.05) is 13.8 Å². The lowest BCUT2D eigenvalue weighted by Gasteiger charge is -2.46. The molecule has 0 aromatic carbocycles. The lowest BCUT2D eigenvalue weighted by atomic mass is 9.94. The van der Waals surface area contributed by atoms with Gasteiger partial charge in [0.25, 0.3) is 0 Å². The van der Waals surface area contributed by atoms with Crippen LogP contribution < -0.4 is 0 Å². The fourth-order valence-corrected chi connectivity index (χ4v) is 3.02. The molecule has 0 aliphatic carbocycles. The molecule has 17 heavy (non-hydrogen) atoms. The summed E-state index contributed by atoms with van der Waals surface area (Å²) in [5, 5.41) is 0. The Labute approximate surface area is 103 Å². The first-order valence-corrected chi connectivity index (χ1v) is 6.81. The Kier molecular flexibility index (Phi) is 3.69. The Morgan fingerprint density at radius 1 is 1.18 bits per heavy atom. The van der Waals surface area contributed by atoms with Crippen LogP contribution in [-0.4, -0.2) is 46.8 Å². The van der Waals surface area contributed by atoms with Gasteiger partial charge >= 0.3 is 0 Å². The summed E-state index contributed by atoms with van der Waals surface area (Å²) in [7, 11) is 0. The van der Waals surface area contributed by atoms with Crippen LogP contribution in [0.4, 0.5) is 0 Å². The quantitative estimate of drug-likeness (QED) is 0.745. The van der Waals surface area contributed by atoms with Crippen LogP contribution in [0.5, 0.6) is 0 Å². The molecule has 0 aromatic heterocycles. The van der Waals surface area contributed by atoms with Gasteiger partial charge in [0.15, 0.2) is 0 Å². The van der Waals surface area contributed by atoms with Crippen molar-refractivity contribution >= 4 is 11.8 Å². The highest BCUT2D eigenvalue weighted by Crippen LogP contribution is 2.27. The van der Waals surface area contributed by atoms with Crippen LogP contribution in [0.2, 0.25) is 0 Å². The van der Waals surface area contributed by atoms with E-state index in [0.717, 1.165) is 38.6 Å². The highest BCUT2D eigenvalue weighted by Gasteiger charge is 2.45. The second-order valence-corrected chi connectivity index (χ2v) is 5.00. The van der Waals surface area contributed by atoms with Crippen molar-refractivity contribution in [1.29, 1.82) is 0 Å². The number of amides is 2. The standard InChI is InChI=1S/C13H22N2O2/c1-3-8-14-10(4-2)12(16)15-9-6-5-7-11(15)13(14)17/h10-11H,3-9H2,1-2H3. The molecular weight excluding hydrogens is 216 g/mol. The second kappa shape index (κ2) is 5.07. The lowest BCUT2D eigenvalue weighted by molar-refractivity contribution is -0.163. The molecule has 0 N–H and O–H groups in total. The largest absolute Gasteiger partial charge is 0.329 e. The number of piperazine rings is 1. The third-order valence-electron chi connectivity index (χ3n) is 3.87. The van der Waals surface area contributed by atoms with Gasteiger partial charge in [0.2, 0.25) is 11.8 Å². The number of rotatable bonds is 3. The summed E-state index contributed by atoms with van der Waals surface area (Å²) < 4.78 is 0. The Balaban J connectivity index is 2.23. The molecule has 2 saturated heterocycles. The average Bonchev–Trinajstić information content (AvgIpc) is 2.36. The van der Waals surface area contributed by atoms with Crippen molar-refractivity contribution in [3.05, 3.63) is 0 Å². The van der Waals surface area contributed by atoms with E-state index in [-0.39, 0.29) is 23.9 Å². The van der Waals surface area contributed by atoms with Crippen LogP contribution in [0.25, 0.3) is 0 Å². The predicted molar refractivity (Wildman–Crippen MR) is 65.4 cm³/mol. The van der Waals surface area contributed by atoms with Crippen LogP contribution in [0, 0.1) is 0 Å². The lowest BCUT2D eigenvalue weighted by Crippen LogP contribution is -2.65. The zero-order valence-electron chi connectivity index (χ0n) is 10.8. The number of carbonyl (C=O) groups is 2. The third kappa shape index (κ3) is 2.05. The minimum absolute atomic E-state index is 0.161. The van der Waals surface area contributed by atoms with Crippen LogP contribution in [-0.2, 0) is 9.59 Å². The summed E-state index contributed by atoms with van der Waals surface area (Å²) in [4.78, 5) is 28.4. The summed E-state index contributed by atoms with van der Waals surface area (Å²) in [6, 6.07) is -0.373. The minimum atomic E-state index is -0.211. The van der Waals surface area contributed by atoms with E-state index in [4.69, 9.17) is 0 Å². The molecule has 2 atom stereocenters. The average molecular weight is 238 g/mol. The van der Waals surface area contributed by atoms with Gasteiger partial charge in [-0.2, -0.15) is 0 Å². The summed E-state index contributed by atoms with van der Waals surface area (Å²) in [5.74, 6) is 0.350. The van der Waals surface area contributed by atoms with Crippen molar-refractivity contribution < 1.29 is 9.59 Å². The summed E-state index contributed by atoms with van der Waals surface area (Å²) >= 11 is 0. The fraction of sp³-hybridized carbons (Fsp3) is 0.846. The van der Waals surface area contributed by atoms with Crippen molar-refractivity contribution in [2.75, 3.05) is 13.1 Å². The van der Waals surface area contributed by atoms with Gasteiger partial charge in [0, 0.05) is 13.1 Å². The Morgan fingerprint density at radius 3 is 2.59 bits per heavy atom. The number of nitrogens with zero attached hydrogens (tertiary/aromatic N) is 2. The SMILES string of the molecule is CCCN1C(=O)C2CCCCN2C(=O)C1CC. The van der Waals surface area contributed by atoms with Gasteiger partial charge in [0.1, 0.15) is 12.1 Å². The Bertz CT molecular complexity index is 317. The fourth-order valence-electron chi connectivity index (χ4n) is 3.02. The zero-order valence-corrected chi connectivity index (χ0v) is 10.8. The zero-order chi connectivity index (χ0) is 12.4. The molecule has 2 fully saturated rings. The molecule has 2 amide bonds. The van der Waals surface area contributed by atoms with Crippen LogP contribution >= 0.6 is 0 Å². The molecule has 0 aromatic rings. The predicted octanol–water partition coefficient (Wildman–Crippen LogP) is 1.40. The van der Waals surface area contributed by atoms with Gasteiger partial charge < -0.3 is 9.80 Å². The van der Waals surface area contributed by atoms with E-state index < -0.39 is 0 Å². The number of hydrogen-bond acceptors (Lipinski definition) is 2. The van der Waals surface area contributed by atoms with Gasteiger partial charge in [-0.05, 0) is 32.1 Å². The van der Waals surface area contributed by atoms with E-state index >= 15 is 0 Å². The maximum Gasteiger partial charge on any atom is 0.246 e. The van der Waals surface area contributed by atoms with Crippen molar-refractivity contribution in [2.24, 2.45) is 0 Å². The first kappa shape index (κ1) is 12.4. The second-order valence-electron chi connectivity index (χ2n) is 5.00. The van der Waals surface area contributed by atoms with Crippen molar-refractivity contribution in [3.8, 4) is 0 Å². The van der Waals surface area contributed by atoms with Gasteiger partial charge in [-0.25, -0.2) is 0 Å². The van der Waals surface area contributed by atoms with Gasteiger partial charge in [-0.3, -0.25) is 9.59 Å². The molecule has 2 aliphatic rings. The molecule has 0 spiro atoms. The molecule has 96 valence electrons. The van der Waals surface area contributed by atoms with E-state index in [2.05, 4.69) is 6.92 Å². The van der Waals surface area contributed by atoms with Crippen LogP contribution in [0.15, 0.2) is 0 Å². The van der Waals surface area contributed by atoms with E-state index in [9.17, 15) is 9.59 Å². The molecule has 4 heteroatoms. The minimum Gasteiger partial charge on any atom is -0.329 e. The van der Waals surface area contributed by atoms with Crippen molar-refractivity contribution in [2.45, 2.75) is 58.0 Å². The first-order valence-electron chi connectivity index (χ1n) is 6.81. The third-order valence-corrected chi connectivity index (χ3v) is 3.87. The molecule has 2 rings (SSSR count). The first-order chi connectivity index (χ1) is 8.20. The number of hydrogen-bond donors (Lipinski definition) is 0. The topological polar surface area (TPSA) is 40.6 Å². The normalized spacial score (nSPS) is 29.5. The molecule has 0 radical (unpaired) electrons. The van der Waals surface area contributed by atoms with Gasteiger partial charge in [0.05, 0.1) is 0 Å². The molecular formula is C13H22N2O2. The Morgan fingerprint density at radius 2 is 1.94 bits per heavy atom. The number of fused-ring (bicyclic) bond motifs is 1. The summed E-state index contributed by atoms with van der Waals surface area (Å²) in [6.07, 6.45) is 4.61. The summed E-state index contributed by atoms with van der Waals surface area (Å²) in [6.45, 7) is 5.53. The molecule has 2 aliphatic heterocycles. The van der Waals surface area contributed by atoms with Crippen LogP contribution in [0.1, 0.15) is 46.0 Å². The van der Waals surface area contributed by atoms with Crippen LogP contribution in [0.3, 0.4) is 0 Å². The van der Waals surface area contributed by atoms with Crippen molar-refractivity contribution in [3.63, 3.8) is 0 Å². The maximum atomic E-state index is 12.4. The highest BCUT2D eigenvalue weighted by molar-refractivity contribution is 5.97. The highest BCUT2D eigenvalue weighted by atomic mass is 16.2. The monoisotopic (exact) mass is 238 g/mol. The smallest absolute Gasteiger partial charge is 0.246 e. The molecule has 2 heterocycles. The molecule has 4 nitrogen and oxygen atoms in total. The van der Waals surface area contributed by atoms with Crippen molar-refractivity contribution in [1.82, 2.24) is 9.80 Å². The van der Waals surface area contributed by atoms with Gasteiger partial charge in [-0.15, -0.1) is 0 Å². The summed E-state index contributed by atoms with van der Waals surface area (Å²) in [5.41, 5.74) is 0. The number of piperidine rings is 1. The molecule has 0 bridgehead atoms. The van der Waals surface area contributed by atoms with E-state index in [1.165, 1.54) is 0 Å². The maximum absolute atomic E-state index is 12.4. The Hall–Kier alpha value is -1.06. The van der Waals surface area contributed by atoms with E-state index in [1.54, 1.807) is 0 Å². The molecule has 2 unspecified atom stereocenters. The van der Waals surface area contributed by atoms with E-state index in [1.807, 2.05) is 16.7 Å². The molecule has 0 saturated carbocycles. The number of carbonyl (C=O) groups excluding carboxylic acids is 2.